The van der Waals surface area contributed by atoms with Gasteiger partial charge >= 0.3 is 0 Å². The predicted octanol–water partition coefficient (Wildman–Crippen LogP) is 5.97. The van der Waals surface area contributed by atoms with Gasteiger partial charge < -0.3 is 0 Å². The molecule has 1 unspecified atom stereocenters. The van der Waals surface area contributed by atoms with E-state index in [4.69, 9.17) is 0 Å². The van der Waals surface area contributed by atoms with Crippen molar-refractivity contribution in [1.29, 1.82) is 0 Å². The number of rotatable bonds is 3. The first-order chi connectivity index (χ1) is 10.1. The third-order valence-corrected chi connectivity index (χ3v) is 4.62. The lowest BCUT2D eigenvalue weighted by molar-refractivity contribution is 0.625. The minimum absolute atomic E-state index is 0.179. The molecule has 3 aromatic carbocycles. The fourth-order valence-corrected chi connectivity index (χ4v) is 3.56. The molecule has 0 amide bonds. The van der Waals surface area contributed by atoms with Gasteiger partial charge in [0.15, 0.2) is 0 Å². The smallest absolute Gasteiger partial charge is 0.123 e. The van der Waals surface area contributed by atoms with Crippen LogP contribution in [0.25, 0.3) is 10.8 Å². The second kappa shape index (κ2) is 5.98. The van der Waals surface area contributed by atoms with Crippen LogP contribution in [-0.2, 0) is 6.42 Å². The van der Waals surface area contributed by atoms with Crippen LogP contribution in [0.5, 0.6) is 0 Å². The summed E-state index contributed by atoms with van der Waals surface area (Å²) < 4.78 is 13.2. The third kappa shape index (κ3) is 3.16. The molecule has 0 saturated carbocycles. The highest BCUT2D eigenvalue weighted by molar-refractivity contribution is 9.09. The lowest BCUT2D eigenvalue weighted by atomic mass is 9.98. The first-order valence-corrected chi connectivity index (χ1v) is 7.93. The van der Waals surface area contributed by atoms with Crippen molar-refractivity contribution >= 4 is 26.7 Å². The van der Waals surface area contributed by atoms with Crippen LogP contribution < -0.4 is 0 Å². The number of fused-ring (bicyclic) bond motifs is 1. The van der Waals surface area contributed by atoms with Gasteiger partial charge in [-0.2, -0.15) is 0 Å². The first kappa shape index (κ1) is 14.3. The van der Waals surface area contributed by atoms with E-state index >= 15 is 0 Å². The molecule has 0 heterocycles. The second-order valence-electron chi connectivity index (χ2n) is 5.35. The molecule has 2 heteroatoms. The third-order valence-electron chi connectivity index (χ3n) is 3.80. The molecule has 3 rings (SSSR count). The van der Waals surface area contributed by atoms with Crippen molar-refractivity contribution in [2.24, 2.45) is 0 Å². The summed E-state index contributed by atoms with van der Waals surface area (Å²) in [5, 5.41) is 2.51. The number of alkyl halides is 1. The van der Waals surface area contributed by atoms with E-state index in [1.165, 1.54) is 22.4 Å². The Labute approximate surface area is 132 Å². The average Bonchev–Trinajstić information content (AvgIpc) is 2.47. The van der Waals surface area contributed by atoms with E-state index in [-0.39, 0.29) is 10.6 Å². The molecule has 3 aromatic rings. The molecule has 0 aliphatic rings. The van der Waals surface area contributed by atoms with Crippen molar-refractivity contribution in [3.05, 3.63) is 83.2 Å². The molecule has 0 nitrogen and oxygen atoms in total. The van der Waals surface area contributed by atoms with Crippen molar-refractivity contribution in [2.75, 3.05) is 0 Å². The maximum Gasteiger partial charge on any atom is 0.123 e. The van der Waals surface area contributed by atoms with E-state index in [9.17, 15) is 4.39 Å². The maximum atomic E-state index is 13.2. The Morgan fingerprint density at radius 3 is 2.48 bits per heavy atom. The van der Waals surface area contributed by atoms with Gasteiger partial charge in [-0.05, 0) is 52.9 Å². The van der Waals surface area contributed by atoms with Gasteiger partial charge in [-0.3, -0.25) is 0 Å². The fourth-order valence-electron chi connectivity index (χ4n) is 2.67. The van der Waals surface area contributed by atoms with E-state index in [2.05, 4.69) is 58.4 Å². The van der Waals surface area contributed by atoms with E-state index in [1.54, 1.807) is 6.07 Å². The summed E-state index contributed by atoms with van der Waals surface area (Å²) in [7, 11) is 0. The molecule has 106 valence electrons. The molecule has 0 aromatic heterocycles. The molecule has 0 spiro atoms. The zero-order chi connectivity index (χ0) is 14.8. The Bertz CT molecular complexity index is 779. The van der Waals surface area contributed by atoms with Crippen LogP contribution >= 0.6 is 15.9 Å². The van der Waals surface area contributed by atoms with Crippen molar-refractivity contribution < 1.29 is 4.39 Å². The van der Waals surface area contributed by atoms with Crippen LogP contribution in [0.1, 0.15) is 21.5 Å². The SMILES string of the molecule is Cc1cc(F)ccc1C(Br)Cc1ccc2ccccc2c1. The normalized spacial score (nSPS) is 12.5. The number of hydrogen-bond acceptors (Lipinski definition) is 0. The molecule has 0 saturated heterocycles. The molecule has 0 fully saturated rings. The summed E-state index contributed by atoms with van der Waals surface area (Å²) in [6.45, 7) is 1.95. The zero-order valence-corrected chi connectivity index (χ0v) is 13.4. The molecular formula is C19H16BrF. The zero-order valence-electron chi connectivity index (χ0n) is 11.8. The van der Waals surface area contributed by atoms with E-state index in [0.29, 0.717) is 0 Å². The highest BCUT2D eigenvalue weighted by atomic mass is 79.9. The van der Waals surface area contributed by atoms with E-state index in [1.807, 2.05) is 13.0 Å². The predicted molar refractivity (Wildman–Crippen MR) is 90.5 cm³/mol. The largest absolute Gasteiger partial charge is 0.207 e. The van der Waals surface area contributed by atoms with Crippen LogP contribution in [0.3, 0.4) is 0 Å². The summed E-state index contributed by atoms with van der Waals surface area (Å²) in [6.07, 6.45) is 0.886. The van der Waals surface area contributed by atoms with Crippen molar-refractivity contribution in [3.8, 4) is 0 Å². The van der Waals surface area contributed by atoms with Gasteiger partial charge in [-0.1, -0.05) is 64.5 Å². The van der Waals surface area contributed by atoms with Gasteiger partial charge in [-0.15, -0.1) is 0 Å². The Hall–Kier alpha value is -1.67. The summed E-state index contributed by atoms with van der Waals surface area (Å²) in [4.78, 5) is 0.194. The summed E-state index contributed by atoms with van der Waals surface area (Å²) in [6, 6.07) is 19.9. The number of hydrogen-bond donors (Lipinski definition) is 0. The second-order valence-corrected chi connectivity index (χ2v) is 6.46. The van der Waals surface area contributed by atoms with Crippen LogP contribution in [0.2, 0.25) is 0 Å². The Kier molecular flexibility index (Phi) is 4.07. The van der Waals surface area contributed by atoms with Crippen LogP contribution in [-0.4, -0.2) is 0 Å². The van der Waals surface area contributed by atoms with Gasteiger partial charge in [0.2, 0.25) is 0 Å². The molecule has 0 radical (unpaired) electrons. The number of halogens is 2. The molecule has 0 bridgehead atoms. The highest BCUT2D eigenvalue weighted by Gasteiger charge is 2.12. The maximum absolute atomic E-state index is 13.2. The Balaban J connectivity index is 1.87. The molecule has 0 aliphatic carbocycles. The van der Waals surface area contributed by atoms with Gasteiger partial charge in [0.25, 0.3) is 0 Å². The van der Waals surface area contributed by atoms with Crippen LogP contribution in [0.15, 0.2) is 60.7 Å². The van der Waals surface area contributed by atoms with Crippen molar-refractivity contribution in [3.63, 3.8) is 0 Å². The molecule has 21 heavy (non-hydrogen) atoms. The van der Waals surface area contributed by atoms with Crippen molar-refractivity contribution in [1.82, 2.24) is 0 Å². The molecular weight excluding hydrogens is 327 g/mol. The summed E-state index contributed by atoms with van der Waals surface area (Å²) in [5.41, 5.74) is 3.40. The van der Waals surface area contributed by atoms with E-state index < -0.39 is 0 Å². The topological polar surface area (TPSA) is 0 Å². The van der Waals surface area contributed by atoms with E-state index in [0.717, 1.165) is 17.5 Å². The Morgan fingerprint density at radius 1 is 0.952 bits per heavy atom. The van der Waals surface area contributed by atoms with Gasteiger partial charge in [0.1, 0.15) is 5.82 Å². The van der Waals surface area contributed by atoms with Gasteiger partial charge in [-0.25, -0.2) is 4.39 Å². The molecule has 1 atom stereocenters. The quantitative estimate of drug-likeness (QED) is 0.514. The standard InChI is InChI=1S/C19H16BrF/c1-13-10-17(21)8-9-18(13)19(20)12-14-6-7-15-4-2-3-5-16(15)11-14/h2-11,19H,12H2,1H3. The fraction of sp³-hybridized carbons (Fsp3) is 0.158. The lowest BCUT2D eigenvalue weighted by Crippen LogP contribution is -1.98. The lowest BCUT2D eigenvalue weighted by Gasteiger charge is -2.14. The summed E-state index contributed by atoms with van der Waals surface area (Å²) in [5.74, 6) is -0.179. The minimum Gasteiger partial charge on any atom is -0.207 e. The van der Waals surface area contributed by atoms with Crippen LogP contribution in [0.4, 0.5) is 4.39 Å². The van der Waals surface area contributed by atoms with Crippen LogP contribution in [0, 0.1) is 12.7 Å². The monoisotopic (exact) mass is 342 g/mol. The average molecular weight is 343 g/mol. The van der Waals surface area contributed by atoms with Gasteiger partial charge in [0, 0.05) is 4.83 Å². The van der Waals surface area contributed by atoms with Gasteiger partial charge in [0.05, 0.1) is 0 Å². The first-order valence-electron chi connectivity index (χ1n) is 7.01. The number of benzene rings is 3. The van der Waals surface area contributed by atoms with Crippen molar-refractivity contribution in [2.45, 2.75) is 18.2 Å². The highest BCUT2D eigenvalue weighted by Crippen LogP contribution is 2.30. The summed E-state index contributed by atoms with van der Waals surface area (Å²) >= 11 is 3.74. The molecule has 0 aliphatic heterocycles. The Morgan fingerprint density at radius 2 is 1.71 bits per heavy atom. The number of aryl methyl sites for hydroxylation is 1. The molecule has 0 N–H and O–H groups in total. The minimum atomic E-state index is -0.179.